The Balaban J connectivity index is 1.64. The van der Waals surface area contributed by atoms with E-state index < -0.39 is 0 Å². The van der Waals surface area contributed by atoms with Gasteiger partial charge in [0, 0.05) is 28.9 Å². The Morgan fingerprint density at radius 3 is 2.50 bits per heavy atom. The van der Waals surface area contributed by atoms with Gasteiger partial charge in [0.2, 0.25) is 0 Å². The van der Waals surface area contributed by atoms with Crippen LogP contribution in [-0.2, 0) is 5.41 Å². The largest absolute Gasteiger partial charge is 0.361 e. The third kappa shape index (κ3) is 4.60. The minimum absolute atomic E-state index is 0.0603. The maximum Gasteiger partial charge on any atom is 0.255 e. The van der Waals surface area contributed by atoms with E-state index in [0.29, 0.717) is 5.56 Å². The van der Waals surface area contributed by atoms with E-state index in [4.69, 9.17) is 9.51 Å². The number of carbonyl (C=O) groups excluding carboxylic acids is 1. The Morgan fingerprint density at radius 1 is 1.06 bits per heavy atom. The summed E-state index contributed by atoms with van der Waals surface area (Å²) < 4.78 is 5.39. The molecule has 6 nitrogen and oxygen atoms in total. The lowest BCUT2D eigenvalue weighted by Gasteiger charge is -2.25. The maximum atomic E-state index is 13.5. The molecule has 2 N–H and O–H groups in total. The van der Waals surface area contributed by atoms with Crippen molar-refractivity contribution in [3.63, 3.8) is 0 Å². The lowest BCUT2D eigenvalue weighted by atomic mass is 9.85. The van der Waals surface area contributed by atoms with E-state index in [9.17, 15) is 4.79 Å². The van der Waals surface area contributed by atoms with Crippen molar-refractivity contribution in [1.82, 2.24) is 15.5 Å². The van der Waals surface area contributed by atoms with Crippen LogP contribution < -0.4 is 10.6 Å². The zero-order chi connectivity index (χ0) is 25.4. The molecule has 1 aliphatic rings. The summed E-state index contributed by atoms with van der Waals surface area (Å²) in [6.07, 6.45) is 6.09. The van der Waals surface area contributed by atoms with E-state index in [1.54, 1.807) is 6.20 Å². The molecule has 186 valence electrons. The third-order valence-corrected chi connectivity index (χ3v) is 7.12. The summed E-state index contributed by atoms with van der Waals surface area (Å²) in [7, 11) is 0. The smallest absolute Gasteiger partial charge is 0.255 e. The summed E-state index contributed by atoms with van der Waals surface area (Å²) in [5.41, 5.74) is 7.07. The molecule has 0 unspecified atom stereocenters. The number of aryl methyl sites for hydroxylation is 2. The van der Waals surface area contributed by atoms with Crippen LogP contribution in [0.3, 0.4) is 0 Å². The van der Waals surface area contributed by atoms with E-state index in [0.717, 1.165) is 70.5 Å². The van der Waals surface area contributed by atoms with Gasteiger partial charge in [-0.15, -0.1) is 0 Å². The number of aromatic nitrogens is 2. The second-order valence-electron chi connectivity index (χ2n) is 10.9. The molecule has 2 aromatic carbocycles. The molecule has 0 radical (unpaired) electrons. The molecule has 0 aliphatic heterocycles. The number of anilines is 2. The second-order valence-corrected chi connectivity index (χ2v) is 10.9. The number of nitrogens with zero attached hydrogens (tertiary/aromatic N) is 2. The van der Waals surface area contributed by atoms with Crippen LogP contribution >= 0.6 is 0 Å². The lowest BCUT2D eigenvalue weighted by Crippen LogP contribution is -2.33. The van der Waals surface area contributed by atoms with Gasteiger partial charge in [0.15, 0.2) is 0 Å². The van der Waals surface area contributed by atoms with Crippen molar-refractivity contribution >= 4 is 28.2 Å². The maximum absolute atomic E-state index is 13.5. The number of hydrogen-bond acceptors (Lipinski definition) is 5. The fourth-order valence-electron chi connectivity index (χ4n) is 5.27. The highest BCUT2D eigenvalue weighted by molar-refractivity contribution is 6.08. The number of carbonyl (C=O) groups is 1. The molecule has 4 aromatic rings. The first-order valence-electron chi connectivity index (χ1n) is 12.8. The number of hydrogen-bond donors (Lipinski definition) is 2. The standard InChI is InChI=1S/C30H34N4O2/c1-18-27(19(2)36-34-18)20-14-15-22-26(16-20)31-17-23(29(35)32-21-10-6-7-11-21)28(22)33-25-13-9-8-12-24(25)30(3,4)5/h8-9,12-17,21H,6-7,10-11H2,1-5H3,(H,31,33)(H,32,35). The first kappa shape index (κ1) is 24.0. The second kappa shape index (κ2) is 9.41. The predicted octanol–water partition coefficient (Wildman–Crippen LogP) is 7.22. The Bertz CT molecular complexity index is 1410. The molecule has 2 aromatic heterocycles. The van der Waals surface area contributed by atoms with Crippen LogP contribution in [0.4, 0.5) is 11.4 Å². The Morgan fingerprint density at radius 2 is 1.81 bits per heavy atom. The van der Waals surface area contributed by atoms with Gasteiger partial charge in [-0.25, -0.2) is 0 Å². The van der Waals surface area contributed by atoms with Crippen LogP contribution in [0, 0.1) is 13.8 Å². The number of pyridine rings is 1. The molecule has 1 fully saturated rings. The van der Waals surface area contributed by atoms with Crippen molar-refractivity contribution in [3.05, 3.63) is 71.2 Å². The zero-order valence-electron chi connectivity index (χ0n) is 21.7. The van der Waals surface area contributed by atoms with Crippen LogP contribution in [0.1, 0.15) is 73.8 Å². The average Bonchev–Trinajstić information content (AvgIpc) is 3.47. The number of rotatable bonds is 5. The topological polar surface area (TPSA) is 80.0 Å². The highest BCUT2D eigenvalue weighted by Crippen LogP contribution is 2.37. The quantitative estimate of drug-likeness (QED) is 0.314. The van der Waals surface area contributed by atoms with Crippen LogP contribution in [0.2, 0.25) is 0 Å². The average molecular weight is 483 g/mol. The van der Waals surface area contributed by atoms with Crippen molar-refractivity contribution in [1.29, 1.82) is 0 Å². The summed E-state index contributed by atoms with van der Waals surface area (Å²) in [5, 5.41) is 11.9. The highest BCUT2D eigenvalue weighted by Gasteiger charge is 2.24. The first-order valence-corrected chi connectivity index (χ1v) is 12.8. The molecular weight excluding hydrogens is 448 g/mol. The van der Waals surface area contributed by atoms with Crippen molar-refractivity contribution in [3.8, 4) is 11.1 Å². The highest BCUT2D eigenvalue weighted by atomic mass is 16.5. The molecule has 0 spiro atoms. The number of benzene rings is 2. The van der Waals surface area contributed by atoms with Crippen molar-refractivity contribution < 1.29 is 9.32 Å². The van der Waals surface area contributed by atoms with E-state index >= 15 is 0 Å². The van der Waals surface area contributed by atoms with Crippen molar-refractivity contribution in [2.24, 2.45) is 0 Å². The van der Waals surface area contributed by atoms with E-state index in [-0.39, 0.29) is 17.4 Å². The molecule has 0 atom stereocenters. The van der Waals surface area contributed by atoms with Gasteiger partial charge in [-0.1, -0.05) is 69.1 Å². The SMILES string of the molecule is Cc1noc(C)c1-c1ccc2c(Nc3ccccc3C(C)(C)C)c(C(=O)NC3CCCC3)cnc2c1. The Kier molecular flexibility index (Phi) is 6.29. The Labute approximate surface area is 212 Å². The number of nitrogens with one attached hydrogen (secondary N) is 2. The van der Waals surface area contributed by atoms with Crippen LogP contribution in [0.5, 0.6) is 0 Å². The summed E-state index contributed by atoms with van der Waals surface area (Å²) in [5.74, 6) is 0.693. The monoisotopic (exact) mass is 482 g/mol. The van der Waals surface area contributed by atoms with Gasteiger partial charge in [-0.2, -0.15) is 0 Å². The van der Waals surface area contributed by atoms with Gasteiger partial charge >= 0.3 is 0 Å². The number of fused-ring (bicyclic) bond motifs is 1. The summed E-state index contributed by atoms with van der Waals surface area (Å²) in [6.45, 7) is 10.4. The molecule has 1 aliphatic carbocycles. The van der Waals surface area contributed by atoms with Crippen molar-refractivity contribution in [2.45, 2.75) is 71.8 Å². The van der Waals surface area contributed by atoms with Crippen LogP contribution in [0.25, 0.3) is 22.0 Å². The lowest BCUT2D eigenvalue weighted by molar-refractivity contribution is 0.0938. The van der Waals surface area contributed by atoms with E-state index in [1.165, 1.54) is 5.56 Å². The molecule has 0 bridgehead atoms. The fraction of sp³-hybridized carbons (Fsp3) is 0.367. The first-order chi connectivity index (χ1) is 17.2. The molecular formula is C30H34N4O2. The van der Waals surface area contributed by atoms with Gasteiger partial charge in [0.05, 0.1) is 22.5 Å². The van der Waals surface area contributed by atoms with Crippen molar-refractivity contribution in [2.75, 3.05) is 5.32 Å². The zero-order valence-corrected chi connectivity index (χ0v) is 21.7. The summed E-state index contributed by atoms with van der Waals surface area (Å²) >= 11 is 0. The predicted molar refractivity (Wildman–Crippen MR) is 145 cm³/mol. The molecule has 36 heavy (non-hydrogen) atoms. The van der Waals surface area contributed by atoms with Gasteiger partial charge in [0.25, 0.3) is 5.91 Å². The molecule has 6 heteroatoms. The van der Waals surface area contributed by atoms with Gasteiger partial charge in [0.1, 0.15) is 5.76 Å². The molecule has 2 heterocycles. The summed E-state index contributed by atoms with van der Waals surface area (Å²) in [4.78, 5) is 18.2. The van der Waals surface area contributed by atoms with E-state index in [2.05, 4.69) is 60.8 Å². The number of amides is 1. The third-order valence-electron chi connectivity index (χ3n) is 7.12. The number of para-hydroxylation sites is 1. The molecule has 5 rings (SSSR count). The minimum atomic E-state index is -0.0816. The van der Waals surface area contributed by atoms with E-state index in [1.807, 2.05) is 32.0 Å². The van der Waals surface area contributed by atoms with Crippen LogP contribution in [0.15, 0.2) is 53.2 Å². The normalized spacial score (nSPS) is 14.4. The molecule has 0 saturated heterocycles. The van der Waals surface area contributed by atoms with Crippen LogP contribution in [-0.4, -0.2) is 22.1 Å². The van der Waals surface area contributed by atoms with Gasteiger partial charge in [-0.05, 0) is 55.4 Å². The molecule has 1 amide bonds. The summed E-state index contributed by atoms with van der Waals surface area (Å²) in [6, 6.07) is 14.7. The fourth-order valence-corrected chi connectivity index (χ4v) is 5.27. The van der Waals surface area contributed by atoms with Gasteiger partial charge in [-0.3, -0.25) is 9.78 Å². The minimum Gasteiger partial charge on any atom is -0.361 e. The Hall–Kier alpha value is -3.67. The van der Waals surface area contributed by atoms with Gasteiger partial charge < -0.3 is 15.2 Å². The molecule has 1 saturated carbocycles.